The van der Waals surface area contributed by atoms with Crippen molar-refractivity contribution in [1.82, 2.24) is 15.3 Å². The largest absolute Gasteiger partial charge is 0.367 e. The normalized spacial score (nSPS) is 15.1. The number of benzene rings is 1. The lowest BCUT2D eigenvalue weighted by atomic mass is 10.1. The topological polar surface area (TPSA) is 61.4 Å². The van der Waals surface area contributed by atoms with E-state index in [-0.39, 0.29) is 11.9 Å². The van der Waals surface area contributed by atoms with Crippen LogP contribution in [-0.2, 0) is 0 Å². The number of amides is 1. The fourth-order valence-electron chi connectivity index (χ4n) is 3.56. The number of aromatic nitrogens is 2. The first-order valence-electron chi connectivity index (χ1n) is 9.92. The second kappa shape index (κ2) is 8.73. The minimum Gasteiger partial charge on any atom is -0.367 e. The first kappa shape index (κ1) is 18.9. The van der Waals surface area contributed by atoms with Gasteiger partial charge in [-0.05, 0) is 30.7 Å². The maximum atomic E-state index is 12.7. The van der Waals surface area contributed by atoms with Crippen molar-refractivity contribution >= 4 is 17.4 Å². The number of pyridine rings is 2. The summed E-state index contributed by atoms with van der Waals surface area (Å²) < 4.78 is 0. The minimum atomic E-state index is -0.108. The highest BCUT2D eigenvalue weighted by molar-refractivity contribution is 5.95. The van der Waals surface area contributed by atoms with Crippen LogP contribution in [-0.4, -0.2) is 42.1 Å². The van der Waals surface area contributed by atoms with Crippen LogP contribution in [0.2, 0.25) is 0 Å². The van der Waals surface area contributed by atoms with E-state index < -0.39 is 0 Å². The fourth-order valence-corrected chi connectivity index (χ4v) is 3.56. The monoisotopic (exact) mass is 387 g/mol. The molecule has 0 radical (unpaired) electrons. The van der Waals surface area contributed by atoms with Gasteiger partial charge in [-0.2, -0.15) is 0 Å². The Hall–Kier alpha value is -3.41. The molecule has 0 spiro atoms. The zero-order chi connectivity index (χ0) is 20.1. The highest BCUT2D eigenvalue weighted by Gasteiger charge is 2.20. The van der Waals surface area contributed by atoms with Gasteiger partial charge in [0.1, 0.15) is 5.82 Å². The van der Waals surface area contributed by atoms with Crippen molar-refractivity contribution in [2.24, 2.45) is 0 Å². The van der Waals surface area contributed by atoms with Crippen LogP contribution < -0.4 is 15.1 Å². The zero-order valence-electron chi connectivity index (χ0n) is 16.5. The smallest absolute Gasteiger partial charge is 0.253 e. The van der Waals surface area contributed by atoms with Crippen molar-refractivity contribution in [3.05, 3.63) is 84.3 Å². The van der Waals surface area contributed by atoms with E-state index in [1.165, 1.54) is 0 Å². The lowest BCUT2D eigenvalue weighted by Crippen LogP contribution is -2.46. The van der Waals surface area contributed by atoms with Gasteiger partial charge < -0.3 is 15.1 Å². The third kappa shape index (κ3) is 4.54. The molecule has 148 valence electrons. The van der Waals surface area contributed by atoms with Gasteiger partial charge in [-0.25, -0.2) is 4.98 Å². The summed E-state index contributed by atoms with van der Waals surface area (Å²) in [7, 11) is 0. The number of hydrogen-bond acceptors (Lipinski definition) is 5. The summed E-state index contributed by atoms with van der Waals surface area (Å²) in [6, 6.07) is 17.8. The van der Waals surface area contributed by atoms with Crippen LogP contribution in [0.25, 0.3) is 0 Å². The molecule has 1 amide bonds. The maximum absolute atomic E-state index is 12.7. The lowest BCUT2D eigenvalue weighted by molar-refractivity contribution is 0.0939. The van der Waals surface area contributed by atoms with Crippen LogP contribution in [0.15, 0.2) is 73.2 Å². The fraction of sp³-hybridized carbons (Fsp3) is 0.261. The first-order valence-corrected chi connectivity index (χ1v) is 9.92. The summed E-state index contributed by atoms with van der Waals surface area (Å²) in [5.41, 5.74) is 2.64. The zero-order valence-corrected chi connectivity index (χ0v) is 16.5. The quantitative estimate of drug-likeness (QED) is 0.728. The molecule has 1 atom stereocenters. The number of nitrogens with one attached hydrogen (secondary N) is 1. The van der Waals surface area contributed by atoms with E-state index in [1.54, 1.807) is 6.20 Å². The Kier molecular flexibility index (Phi) is 5.70. The Labute approximate surface area is 171 Å². The number of hydrogen-bond donors (Lipinski definition) is 1. The number of carbonyl (C=O) groups is 1. The summed E-state index contributed by atoms with van der Waals surface area (Å²) in [4.78, 5) is 26.0. The van der Waals surface area contributed by atoms with Crippen molar-refractivity contribution in [1.29, 1.82) is 0 Å². The number of rotatable bonds is 5. The van der Waals surface area contributed by atoms with Crippen molar-refractivity contribution in [3.8, 4) is 0 Å². The van der Waals surface area contributed by atoms with E-state index >= 15 is 0 Å². The molecule has 6 nitrogen and oxygen atoms in total. The summed E-state index contributed by atoms with van der Waals surface area (Å²) in [5, 5.41) is 3.06. The highest BCUT2D eigenvalue weighted by Crippen LogP contribution is 2.20. The summed E-state index contributed by atoms with van der Waals surface area (Å²) in [6.07, 6.45) is 5.28. The van der Waals surface area contributed by atoms with E-state index in [1.807, 2.05) is 73.9 Å². The Morgan fingerprint density at radius 2 is 1.69 bits per heavy atom. The van der Waals surface area contributed by atoms with Crippen LogP contribution in [0.5, 0.6) is 0 Å². The van der Waals surface area contributed by atoms with Crippen LogP contribution in [0, 0.1) is 0 Å². The first-order chi connectivity index (χ1) is 14.2. The van der Waals surface area contributed by atoms with Gasteiger partial charge in [0.25, 0.3) is 5.91 Å². The molecule has 2 aromatic heterocycles. The summed E-state index contributed by atoms with van der Waals surface area (Å²) in [6.45, 7) is 5.49. The van der Waals surface area contributed by atoms with Crippen molar-refractivity contribution in [2.75, 3.05) is 36.0 Å². The molecule has 29 heavy (non-hydrogen) atoms. The number of carbonyl (C=O) groups excluding carboxylic acids is 1. The second-order valence-electron chi connectivity index (χ2n) is 7.20. The summed E-state index contributed by atoms with van der Waals surface area (Å²) in [5.74, 6) is 0.899. The molecule has 1 fully saturated rings. The predicted molar refractivity (Wildman–Crippen MR) is 115 cm³/mol. The molecular formula is C23H25N5O. The summed E-state index contributed by atoms with van der Waals surface area (Å²) >= 11 is 0. The van der Waals surface area contributed by atoms with Gasteiger partial charge in [-0.1, -0.05) is 36.4 Å². The average molecular weight is 387 g/mol. The van der Waals surface area contributed by atoms with Gasteiger partial charge in [0.2, 0.25) is 0 Å². The van der Waals surface area contributed by atoms with Crippen LogP contribution in [0.1, 0.15) is 28.9 Å². The third-order valence-corrected chi connectivity index (χ3v) is 5.25. The molecule has 0 bridgehead atoms. The van der Waals surface area contributed by atoms with Gasteiger partial charge in [-0.3, -0.25) is 9.78 Å². The highest BCUT2D eigenvalue weighted by atomic mass is 16.1. The van der Waals surface area contributed by atoms with E-state index in [9.17, 15) is 4.79 Å². The molecule has 1 saturated heterocycles. The molecule has 3 aromatic rings. The Bertz CT molecular complexity index is 940. The number of nitrogens with zero attached hydrogens (tertiary/aromatic N) is 4. The van der Waals surface area contributed by atoms with Gasteiger partial charge in [0.15, 0.2) is 0 Å². The SMILES string of the molecule is CC(NC(=O)c1cncc(N2CCN(c3ccccn3)CC2)c1)c1ccccc1. The molecule has 1 aromatic carbocycles. The molecule has 3 heterocycles. The number of piperazine rings is 1. The molecule has 1 aliphatic rings. The average Bonchev–Trinajstić information content (AvgIpc) is 2.80. The molecular weight excluding hydrogens is 362 g/mol. The molecule has 0 saturated carbocycles. The Balaban J connectivity index is 1.39. The van der Waals surface area contributed by atoms with E-state index in [0.717, 1.165) is 43.2 Å². The standard InChI is InChI=1S/C23H25N5O/c1-18(19-7-3-2-4-8-19)26-23(29)20-15-21(17-24-16-20)27-11-13-28(14-12-27)22-9-5-6-10-25-22/h2-10,15-18H,11-14H2,1H3,(H,26,29). The Morgan fingerprint density at radius 3 is 2.41 bits per heavy atom. The van der Waals surface area contributed by atoms with E-state index in [0.29, 0.717) is 5.56 Å². The maximum Gasteiger partial charge on any atom is 0.253 e. The Morgan fingerprint density at radius 1 is 0.966 bits per heavy atom. The van der Waals surface area contributed by atoms with Gasteiger partial charge in [-0.15, -0.1) is 0 Å². The van der Waals surface area contributed by atoms with Crippen LogP contribution in [0.3, 0.4) is 0 Å². The van der Waals surface area contributed by atoms with Crippen molar-refractivity contribution in [2.45, 2.75) is 13.0 Å². The van der Waals surface area contributed by atoms with Crippen LogP contribution in [0.4, 0.5) is 11.5 Å². The molecule has 1 aliphatic heterocycles. The number of anilines is 2. The molecule has 4 rings (SSSR count). The lowest BCUT2D eigenvalue weighted by Gasteiger charge is -2.36. The molecule has 1 unspecified atom stereocenters. The molecule has 0 aliphatic carbocycles. The van der Waals surface area contributed by atoms with Crippen LogP contribution >= 0.6 is 0 Å². The molecule has 6 heteroatoms. The van der Waals surface area contributed by atoms with Gasteiger partial charge in [0.05, 0.1) is 23.5 Å². The van der Waals surface area contributed by atoms with Gasteiger partial charge in [0, 0.05) is 38.6 Å². The van der Waals surface area contributed by atoms with Crippen molar-refractivity contribution < 1.29 is 4.79 Å². The van der Waals surface area contributed by atoms with Crippen molar-refractivity contribution in [3.63, 3.8) is 0 Å². The molecule has 1 N–H and O–H groups in total. The van der Waals surface area contributed by atoms with E-state index in [2.05, 4.69) is 25.1 Å². The van der Waals surface area contributed by atoms with E-state index in [4.69, 9.17) is 0 Å². The predicted octanol–water partition coefficient (Wildman–Crippen LogP) is 3.29. The second-order valence-corrected chi connectivity index (χ2v) is 7.20. The minimum absolute atomic E-state index is 0.0609. The third-order valence-electron chi connectivity index (χ3n) is 5.25. The van der Waals surface area contributed by atoms with Gasteiger partial charge >= 0.3 is 0 Å².